The lowest BCUT2D eigenvalue weighted by molar-refractivity contribution is -0.394. The summed E-state index contributed by atoms with van der Waals surface area (Å²) < 4.78 is 11.7. The van der Waals surface area contributed by atoms with E-state index in [9.17, 15) is 24.4 Å². The first-order valence-corrected chi connectivity index (χ1v) is 6.82. The van der Waals surface area contributed by atoms with E-state index in [-0.39, 0.29) is 28.8 Å². The molecule has 0 radical (unpaired) electrons. The number of nitrogens with two attached hydrogens (primary N) is 1. The molecule has 9 heteroatoms. The number of rotatable bonds is 6. The van der Waals surface area contributed by atoms with E-state index in [1.165, 1.54) is 6.07 Å². The summed E-state index contributed by atoms with van der Waals surface area (Å²) in [5.41, 5.74) is 4.93. The first-order valence-electron chi connectivity index (χ1n) is 5.33. The molecule has 2 atom stereocenters. The highest BCUT2D eigenvalue weighted by atomic mass is 32.2. The van der Waals surface area contributed by atoms with Gasteiger partial charge in [-0.2, -0.15) is 0 Å². The minimum atomic E-state index is -1.34. The highest BCUT2D eigenvalue weighted by Gasteiger charge is 2.20. The first kappa shape index (κ1) is 15.2. The van der Waals surface area contributed by atoms with E-state index >= 15 is 0 Å². The monoisotopic (exact) mass is 287 g/mol. The zero-order valence-corrected chi connectivity index (χ0v) is 11.0. The number of nitrogens with zero attached hydrogens (tertiary/aromatic N) is 2. The van der Waals surface area contributed by atoms with Gasteiger partial charge in [-0.3, -0.25) is 24.4 Å². The van der Waals surface area contributed by atoms with Crippen molar-refractivity contribution in [2.24, 2.45) is 5.73 Å². The van der Waals surface area contributed by atoms with E-state index in [4.69, 9.17) is 5.73 Å². The molecule has 0 saturated carbocycles. The Hall–Kier alpha value is -1.87. The van der Waals surface area contributed by atoms with Crippen molar-refractivity contribution in [1.29, 1.82) is 0 Å². The molecule has 0 aliphatic heterocycles. The molecule has 1 rings (SSSR count). The summed E-state index contributed by atoms with van der Waals surface area (Å²) in [6, 6.07) is 3.01. The van der Waals surface area contributed by atoms with Gasteiger partial charge in [0.1, 0.15) is 0 Å². The molecule has 0 aliphatic carbocycles. The number of nitro groups is 2. The molecular formula is C10H13N3O5S. The molecule has 0 amide bonds. The fourth-order valence-corrected chi connectivity index (χ4v) is 2.78. The second kappa shape index (κ2) is 6.34. The number of benzene rings is 1. The van der Waals surface area contributed by atoms with Crippen molar-refractivity contribution in [2.45, 2.75) is 18.7 Å². The zero-order valence-electron chi connectivity index (χ0n) is 10.1. The van der Waals surface area contributed by atoms with Crippen molar-refractivity contribution < 1.29 is 14.1 Å². The van der Waals surface area contributed by atoms with Crippen LogP contribution in [0.3, 0.4) is 0 Å². The predicted molar refractivity (Wildman–Crippen MR) is 70.1 cm³/mol. The second-order valence-electron chi connectivity index (χ2n) is 4.06. The van der Waals surface area contributed by atoms with Crippen molar-refractivity contribution in [2.75, 3.05) is 5.75 Å². The molecule has 0 aromatic heterocycles. The van der Waals surface area contributed by atoms with Gasteiger partial charge in [-0.25, -0.2) is 0 Å². The maximum Gasteiger partial charge on any atom is 0.280 e. The summed E-state index contributed by atoms with van der Waals surface area (Å²) in [5.74, 6) is 0.171. The highest BCUT2D eigenvalue weighted by Crippen LogP contribution is 2.25. The summed E-state index contributed by atoms with van der Waals surface area (Å²) in [4.78, 5) is 20.0. The summed E-state index contributed by atoms with van der Waals surface area (Å²) in [7, 11) is -1.34. The van der Waals surface area contributed by atoms with Crippen LogP contribution in [0.1, 0.15) is 12.5 Å². The maximum atomic E-state index is 11.7. The van der Waals surface area contributed by atoms with Crippen LogP contribution in [0.15, 0.2) is 18.2 Å². The molecule has 0 aliphatic rings. The van der Waals surface area contributed by atoms with Crippen LogP contribution in [0.5, 0.6) is 0 Å². The molecule has 104 valence electrons. The fraction of sp³-hybridized carbons (Fsp3) is 0.400. The minimum absolute atomic E-state index is 0.0458. The summed E-state index contributed by atoms with van der Waals surface area (Å²) >= 11 is 0. The Bertz CT molecular complexity index is 532. The van der Waals surface area contributed by atoms with Crippen molar-refractivity contribution in [3.8, 4) is 0 Å². The number of hydrogen-bond donors (Lipinski definition) is 1. The molecule has 1 aromatic carbocycles. The van der Waals surface area contributed by atoms with Gasteiger partial charge >= 0.3 is 0 Å². The number of hydrogen-bond acceptors (Lipinski definition) is 6. The summed E-state index contributed by atoms with van der Waals surface area (Å²) in [6.07, 6.45) is 0. The van der Waals surface area contributed by atoms with Crippen LogP contribution in [0, 0.1) is 20.2 Å². The van der Waals surface area contributed by atoms with Gasteiger partial charge in [0, 0.05) is 34.2 Å². The molecular weight excluding hydrogens is 274 g/mol. The normalized spacial score (nSPS) is 13.8. The Labute approximate surface area is 111 Å². The Balaban J connectivity index is 3.04. The Morgan fingerprint density at radius 1 is 1.32 bits per heavy atom. The third-order valence-corrected chi connectivity index (χ3v) is 3.77. The van der Waals surface area contributed by atoms with Gasteiger partial charge in [0.2, 0.25) is 0 Å². The van der Waals surface area contributed by atoms with Crippen LogP contribution in [-0.4, -0.2) is 25.9 Å². The van der Waals surface area contributed by atoms with Crippen LogP contribution in [0.2, 0.25) is 0 Å². The lowest BCUT2D eigenvalue weighted by atomic mass is 10.2. The first-order chi connectivity index (χ1) is 8.81. The average Bonchev–Trinajstić information content (AvgIpc) is 2.27. The van der Waals surface area contributed by atoms with Gasteiger partial charge in [0.05, 0.1) is 21.7 Å². The van der Waals surface area contributed by atoms with Crippen LogP contribution in [0.4, 0.5) is 11.4 Å². The predicted octanol–water partition coefficient (Wildman–Crippen LogP) is 1.10. The zero-order chi connectivity index (χ0) is 14.6. The van der Waals surface area contributed by atoms with E-state index < -0.39 is 26.3 Å². The van der Waals surface area contributed by atoms with E-state index in [1.807, 2.05) is 0 Å². The third kappa shape index (κ3) is 4.38. The molecule has 0 bridgehead atoms. The van der Waals surface area contributed by atoms with Crippen molar-refractivity contribution >= 4 is 22.2 Å². The fourth-order valence-electron chi connectivity index (χ4n) is 1.48. The molecule has 2 N–H and O–H groups in total. The van der Waals surface area contributed by atoms with E-state index in [0.29, 0.717) is 0 Å². The largest absolute Gasteiger partial charge is 0.327 e. The minimum Gasteiger partial charge on any atom is -0.327 e. The van der Waals surface area contributed by atoms with Gasteiger partial charge in [0.25, 0.3) is 11.4 Å². The van der Waals surface area contributed by atoms with Crippen molar-refractivity contribution in [3.63, 3.8) is 0 Å². The summed E-state index contributed by atoms with van der Waals surface area (Å²) in [6.45, 7) is 1.68. The van der Waals surface area contributed by atoms with E-state index in [1.54, 1.807) is 6.92 Å². The lowest BCUT2D eigenvalue weighted by Crippen LogP contribution is -2.23. The maximum absolute atomic E-state index is 11.7. The molecule has 0 fully saturated rings. The van der Waals surface area contributed by atoms with Crippen molar-refractivity contribution in [1.82, 2.24) is 0 Å². The van der Waals surface area contributed by atoms with E-state index in [2.05, 4.69) is 0 Å². The van der Waals surface area contributed by atoms with Gasteiger partial charge in [0.15, 0.2) is 0 Å². The van der Waals surface area contributed by atoms with E-state index in [0.717, 1.165) is 12.1 Å². The molecule has 19 heavy (non-hydrogen) atoms. The van der Waals surface area contributed by atoms with Crippen LogP contribution in [0.25, 0.3) is 0 Å². The Morgan fingerprint density at radius 3 is 2.42 bits per heavy atom. The average molecular weight is 287 g/mol. The molecule has 0 heterocycles. The van der Waals surface area contributed by atoms with Crippen molar-refractivity contribution in [3.05, 3.63) is 44.0 Å². The van der Waals surface area contributed by atoms with Crippen LogP contribution < -0.4 is 5.73 Å². The standard InChI is InChI=1S/C10H13N3O5S/c1-7(11)5-19(18)6-8-2-3-9(12(14)15)4-10(8)13(16)17/h2-4,7H,5-6,11H2,1H3. The quantitative estimate of drug-likeness (QED) is 0.616. The summed E-state index contributed by atoms with van der Waals surface area (Å²) in [5, 5.41) is 21.4. The number of non-ortho nitro benzene ring substituents is 1. The SMILES string of the molecule is CC(N)CS(=O)Cc1ccc([N+](=O)[O-])cc1[N+](=O)[O-]. The number of nitro benzene ring substituents is 2. The van der Waals surface area contributed by atoms with Crippen LogP contribution in [-0.2, 0) is 16.6 Å². The lowest BCUT2D eigenvalue weighted by Gasteiger charge is -2.06. The van der Waals surface area contributed by atoms with Gasteiger partial charge in [-0.05, 0) is 13.0 Å². The topological polar surface area (TPSA) is 129 Å². The second-order valence-corrected chi connectivity index (χ2v) is 5.56. The van der Waals surface area contributed by atoms with Gasteiger partial charge in [-0.1, -0.05) is 0 Å². The molecule has 0 spiro atoms. The highest BCUT2D eigenvalue weighted by molar-refractivity contribution is 7.84. The third-order valence-electron chi connectivity index (χ3n) is 2.24. The van der Waals surface area contributed by atoms with Crippen LogP contribution >= 0.6 is 0 Å². The molecule has 0 saturated heterocycles. The molecule has 8 nitrogen and oxygen atoms in total. The Kier molecular flexibility index (Phi) is 5.07. The van der Waals surface area contributed by atoms with Gasteiger partial charge in [-0.15, -0.1) is 0 Å². The Morgan fingerprint density at radius 2 is 1.95 bits per heavy atom. The smallest absolute Gasteiger partial charge is 0.280 e. The molecule has 1 aromatic rings. The van der Waals surface area contributed by atoms with Gasteiger partial charge < -0.3 is 5.73 Å². The molecule has 2 unspecified atom stereocenters.